The number of aromatic nitrogens is 2. The fourth-order valence-electron chi connectivity index (χ4n) is 3.08. The molecular formula is C18H20N4O2. The van der Waals surface area contributed by atoms with Crippen LogP contribution in [0.3, 0.4) is 0 Å². The largest absolute Gasteiger partial charge is 0.508 e. The lowest BCUT2D eigenvalue weighted by molar-refractivity contribution is 0.0995. The zero-order chi connectivity index (χ0) is 17.8. The number of hydrogen-bond acceptors (Lipinski definition) is 4. The number of fused-ring (bicyclic) bond motifs is 1. The van der Waals surface area contributed by atoms with Gasteiger partial charge < -0.3 is 16.6 Å². The van der Waals surface area contributed by atoms with Crippen LogP contribution in [0.1, 0.15) is 32.9 Å². The second kappa shape index (κ2) is 5.26. The van der Waals surface area contributed by atoms with Crippen molar-refractivity contribution in [2.75, 3.05) is 5.73 Å². The van der Waals surface area contributed by atoms with Crippen LogP contribution in [-0.2, 0) is 0 Å². The number of phenolic OH excluding ortho intramolecular Hbond substituents is 1. The zero-order valence-corrected chi connectivity index (χ0v) is 14.1. The van der Waals surface area contributed by atoms with E-state index in [4.69, 9.17) is 11.5 Å². The maximum atomic E-state index is 12.0. The highest BCUT2D eigenvalue weighted by atomic mass is 16.3. The van der Waals surface area contributed by atoms with Gasteiger partial charge in [0.2, 0.25) is 0 Å². The van der Waals surface area contributed by atoms with Gasteiger partial charge in [-0.2, -0.15) is 0 Å². The molecule has 0 bridgehead atoms. The quantitative estimate of drug-likeness (QED) is 0.673. The van der Waals surface area contributed by atoms with Gasteiger partial charge in [-0.05, 0) is 56.0 Å². The van der Waals surface area contributed by atoms with Crippen molar-refractivity contribution in [3.8, 4) is 16.9 Å². The van der Waals surface area contributed by atoms with E-state index in [2.05, 4.69) is 4.98 Å². The number of nitrogen functional groups attached to an aromatic ring is 1. The first-order valence-electron chi connectivity index (χ1n) is 7.61. The number of rotatable bonds is 2. The Bertz CT molecular complexity index is 1000. The molecule has 0 atom stereocenters. The lowest BCUT2D eigenvalue weighted by Crippen LogP contribution is -2.16. The number of amides is 1. The molecule has 3 rings (SSSR count). The second-order valence-electron chi connectivity index (χ2n) is 6.11. The van der Waals surface area contributed by atoms with E-state index in [9.17, 15) is 9.90 Å². The molecular weight excluding hydrogens is 304 g/mol. The average molecular weight is 324 g/mol. The topological polar surface area (TPSA) is 107 Å². The fraction of sp³-hybridized carbons (Fsp3) is 0.222. The Balaban J connectivity index is 2.55. The molecule has 2 aromatic heterocycles. The van der Waals surface area contributed by atoms with Gasteiger partial charge in [0.1, 0.15) is 17.1 Å². The van der Waals surface area contributed by atoms with Gasteiger partial charge in [0, 0.05) is 11.9 Å². The van der Waals surface area contributed by atoms with Gasteiger partial charge in [-0.1, -0.05) is 6.07 Å². The van der Waals surface area contributed by atoms with E-state index in [1.807, 2.05) is 40.0 Å². The van der Waals surface area contributed by atoms with Crippen molar-refractivity contribution in [3.63, 3.8) is 0 Å². The summed E-state index contributed by atoms with van der Waals surface area (Å²) in [5.41, 5.74) is 17.7. The summed E-state index contributed by atoms with van der Waals surface area (Å²) >= 11 is 0. The lowest BCUT2D eigenvalue weighted by Gasteiger charge is -2.12. The smallest absolute Gasteiger partial charge is 0.267 e. The van der Waals surface area contributed by atoms with Gasteiger partial charge in [-0.3, -0.25) is 9.20 Å². The Kier molecular flexibility index (Phi) is 3.48. The maximum Gasteiger partial charge on any atom is 0.267 e. The van der Waals surface area contributed by atoms with Gasteiger partial charge in [0.15, 0.2) is 0 Å². The molecule has 0 fully saturated rings. The Labute approximate surface area is 139 Å². The minimum atomic E-state index is -0.616. The molecule has 0 spiro atoms. The first-order chi connectivity index (χ1) is 11.2. The van der Waals surface area contributed by atoms with Crippen molar-refractivity contribution in [1.82, 2.24) is 9.38 Å². The van der Waals surface area contributed by atoms with Crippen LogP contribution in [0.4, 0.5) is 5.69 Å². The van der Waals surface area contributed by atoms with Crippen LogP contribution in [0, 0.1) is 27.7 Å². The molecule has 0 aliphatic heterocycles. The second-order valence-corrected chi connectivity index (χ2v) is 6.11. The highest BCUT2D eigenvalue weighted by Gasteiger charge is 2.25. The predicted molar refractivity (Wildman–Crippen MR) is 94.2 cm³/mol. The highest BCUT2D eigenvalue weighted by molar-refractivity contribution is 6.06. The first-order valence-corrected chi connectivity index (χ1v) is 7.61. The maximum absolute atomic E-state index is 12.0. The summed E-state index contributed by atoms with van der Waals surface area (Å²) in [4.78, 5) is 16.6. The van der Waals surface area contributed by atoms with Crippen molar-refractivity contribution in [2.24, 2.45) is 5.73 Å². The summed E-state index contributed by atoms with van der Waals surface area (Å²) in [5.74, 6) is -0.451. The van der Waals surface area contributed by atoms with Gasteiger partial charge in [0.25, 0.3) is 5.91 Å². The molecule has 0 aliphatic rings. The number of carbonyl (C=O) groups is 1. The third-order valence-electron chi connectivity index (χ3n) is 4.51. The van der Waals surface area contributed by atoms with Crippen LogP contribution < -0.4 is 11.5 Å². The zero-order valence-electron chi connectivity index (χ0n) is 14.1. The number of nitrogens with two attached hydrogens (primary N) is 2. The molecule has 3 aromatic rings. The van der Waals surface area contributed by atoms with E-state index in [1.165, 1.54) is 0 Å². The molecule has 2 heterocycles. The van der Waals surface area contributed by atoms with Crippen LogP contribution in [0.5, 0.6) is 5.75 Å². The van der Waals surface area contributed by atoms with E-state index in [1.54, 1.807) is 10.5 Å². The van der Waals surface area contributed by atoms with E-state index in [0.717, 1.165) is 22.4 Å². The van der Waals surface area contributed by atoms with Crippen molar-refractivity contribution >= 4 is 17.2 Å². The Morgan fingerprint density at radius 3 is 2.42 bits per heavy atom. The fourth-order valence-corrected chi connectivity index (χ4v) is 3.08. The number of nitrogens with zero attached hydrogens (tertiary/aromatic N) is 2. The number of hydrogen-bond donors (Lipinski definition) is 3. The van der Waals surface area contributed by atoms with Crippen molar-refractivity contribution in [3.05, 3.63) is 46.4 Å². The third kappa shape index (κ3) is 2.11. The van der Waals surface area contributed by atoms with Crippen molar-refractivity contribution in [1.29, 1.82) is 0 Å². The highest BCUT2D eigenvalue weighted by Crippen LogP contribution is 2.40. The molecule has 0 radical (unpaired) electrons. The summed E-state index contributed by atoms with van der Waals surface area (Å²) in [6, 6.07) is 3.45. The molecule has 0 aliphatic carbocycles. The third-order valence-corrected chi connectivity index (χ3v) is 4.51. The van der Waals surface area contributed by atoms with Crippen molar-refractivity contribution in [2.45, 2.75) is 27.7 Å². The number of aromatic hydroxyl groups is 1. The Morgan fingerprint density at radius 2 is 1.79 bits per heavy atom. The molecule has 124 valence electrons. The normalized spacial score (nSPS) is 11.2. The standard InChI is InChI=1S/C18H20N4O2/c1-8-5-6-12(23)10(3)13(8)14-15(19)16(17(20)24)22-7-9(2)11(4)21-18(14)22/h5-7,23H,19H2,1-4H3,(H2,20,24). The van der Waals surface area contributed by atoms with Crippen LogP contribution in [0.25, 0.3) is 16.8 Å². The molecule has 5 N–H and O–H groups in total. The summed E-state index contributed by atoms with van der Waals surface area (Å²) in [7, 11) is 0. The minimum absolute atomic E-state index is 0.166. The van der Waals surface area contributed by atoms with E-state index >= 15 is 0 Å². The van der Waals surface area contributed by atoms with Gasteiger partial charge in [0.05, 0.1) is 11.3 Å². The summed E-state index contributed by atoms with van der Waals surface area (Å²) in [5, 5.41) is 10.1. The molecule has 0 saturated carbocycles. The number of phenols is 1. The van der Waals surface area contributed by atoms with Crippen molar-refractivity contribution < 1.29 is 9.90 Å². The van der Waals surface area contributed by atoms with E-state index < -0.39 is 5.91 Å². The lowest BCUT2D eigenvalue weighted by atomic mass is 9.95. The first kappa shape index (κ1) is 15.9. The number of aryl methyl sites for hydroxylation is 3. The van der Waals surface area contributed by atoms with E-state index in [0.29, 0.717) is 16.8 Å². The number of anilines is 1. The molecule has 24 heavy (non-hydrogen) atoms. The van der Waals surface area contributed by atoms with Gasteiger partial charge in [-0.15, -0.1) is 0 Å². The predicted octanol–water partition coefficient (Wildman–Crippen LogP) is 2.62. The summed E-state index contributed by atoms with van der Waals surface area (Å²) in [6.07, 6.45) is 1.81. The van der Waals surface area contributed by atoms with Crippen LogP contribution >= 0.6 is 0 Å². The molecule has 6 nitrogen and oxygen atoms in total. The van der Waals surface area contributed by atoms with Gasteiger partial charge in [-0.25, -0.2) is 4.98 Å². The average Bonchev–Trinajstić information content (AvgIpc) is 2.77. The molecule has 1 aromatic carbocycles. The SMILES string of the molecule is Cc1cn2c(C(N)=O)c(N)c(-c3c(C)ccc(O)c3C)c2nc1C. The minimum Gasteiger partial charge on any atom is -0.508 e. The molecule has 6 heteroatoms. The molecule has 1 amide bonds. The van der Waals surface area contributed by atoms with Gasteiger partial charge >= 0.3 is 0 Å². The Morgan fingerprint density at radius 1 is 1.12 bits per heavy atom. The van der Waals surface area contributed by atoms with E-state index in [-0.39, 0.29) is 17.1 Å². The summed E-state index contributed by atoms with van der Waals surface area (Å²) in [6.45, 7) is 7.54. The number of benzene rings is 1. The molecule has 0 unspecified atom stereocenters. The molecule has 0 saturated heterocycles. The monoisotopic (exact) mass is 324 g/mol. The van der Waals surface area contributed by atoms with Crippen LogP contribution in [-0.4, -0.2) is 20.4 Å². The summed E-state index contributed by atoms with van der Waals surface area (Å²) < 4.78 is 1.64. The number of primary amides is 1. The Hall–Kier alpha value is -3.02. The van der Waals surface area contributed by atoms with Crippen LogP contribution in [0.15, 0.2) is 18.3 Å². The van der Waals surface area contributed by atoms with Crippen LogP contribution in [0.2, 0.25) is 0 Å². The number of carbonyl (C=O) groups excluding carboxylic acids is 1.